The molecule has 0 aromatic carbocycles. The number of rotatable bonds is 1. The third-order valence-electron chi connectivity index (χ3n) is 3.62. The van der Waals surface area contributed by atoms with Crippen LogP contribution in [0.25, 0.3) is 0 Å². The van der Waals surface area contributed by atoms with E-state index >= 15 is 0 Å². The van der Waals surface area contributed by atoms with E-state index in [-0.39, 0.29) is 0 Å². The molecule has 0 bridgehead atoms. The van der Waals surface area contributed by atoms with Gasteiger partial charge in [0.15, 0.2) is 5.15 Å². The van der Waals surface area contributed by atoms with Crippen molar-refractivity contribution in [2.75, 3.05) is 25.1 Å². The minimum absolute atomic E-state index is 0.307. The Morgan fingerprint density at radius 2 is 2.12 bits per heavy atom. The summed E-state index contributed by atoms with van der Waals surface area (Å²) in [6.45, 7) is 1.11. The zero-order chi connectivity index (χ0) is 12.0. The summed E-state index contributed by atoms with van der Waals surface area (Å²) in [5.41, 5.74) is 1.27. The lowest BCUT2D eigenvalue weighted by Gasteiger charge is -2.29. The summed E-state index contributed by atoms with van der Waals surface area (Å²) in [4.78, 5) is 2.50. The van der Waals surface area contributed by atoms with E-state index in [0.29, 0.717) is 15.3 Å². The molecule has 2 aliphatic heterocycles. The molecular weight excluding hydrogens is 274 g/mol. The molecule has 1 aromatic rings. The van der Waals surface area contributed by atoms with Gasteiger partial charge in [0.25, 0.3) is 0 Å². The van der Waals surface area contributed by atoms with Gasteiger partial charge in [-0.1, -0.05) is 11.6 Å². The maximum atomic E-state index is 5.98. The lowest BCUT2D eigenvalue weighted by Crippen LogP contribution is -2.32. The van der Waals surface area contributed by atoms with Crippen molar-refractivity contribution in [3.8, 4) is 0 Å². The van der Waals surface area contributed by atoms with Crippen LogP contribution in [-0.2, 0) is 7.05 Å². The smallest absolute Gasteiger partial charge is 0.151 e. The van der Waals surface area contributed by atoms with E-state index in [1.807, 2.05) is 17.8 Å². The zero-order valence-corrected chi connectivity index (χ0v) is 12.4. The number of nitrogens with zero attached hydrogens (tertiary/aromatic N) is 3. The molecular formula is C11H16ClN3S2. The fraction of sp³-hybridized carbons (Fsp3) is 0.727. The topological polar surface area (TPSA) is 21.1 Å². The maximum absolute atomic E-state index is 5.98. The highest BCUT2D eigenvalue weighted by atomic mass is 35.5. The zero-order valence-electron chi connectivity index (χ0n) is 10.0. The molecule has 0 radical (unpaired) electrons. The van der Waals surface area contributed by atoms with Crippen molar-refractivity contribution in [2.24, 2.45) is 7.05 Å². The van der Waals surface area contributed by atoms with Gasteiger partial charge in [-0.05, 0) is 19.5 Å². The summed E-state index contributed by atoms with van der Waals surface area (Å²) in [5.74, 6) is 3.10. The average Bonchev–Trinajstić information content (AvgIpc) is 2.92. The third-order valence-corrected chi connectivity index (χ3v) is 7.45. The van der Waals surface area contributed by atoms with Crippen molar-refractivity contribution in [3.05, 3.63) is 16.9 Å². The highest BCUT2D eigenvalue weighted by Crippen LogP contribution is 2.55. The first kappa shape index (κ1) is 12.2. The van der Waals surface area contributed by atoms with Crippen LogP contribution in [0.5, 0.6) is 0 Å². The van der Waals surface area contributed by atoms with Gasteiger partial charge in [0.1, 0.15) is 4.20 Å². The maximum Gasteiger partial charge on any atom is 0.151 e. The Balaban J connectivity index is 1.85. The fourth-order valence-corrected chi connectivity index (χ4v) is 6.40. The molecule has 1 spiro atoms. The second-order valence-corrected chi connectivity index (χ2v) is 8.10. The molecule has 94 valence electrons. The van der Waals surface area contributed by atoms with Crippen molar-refractivity contribution in [3.63, 3.8) is 0 Å². The SMILES string of the molecule is CN1CC(c2cc(Cl)nn2C)CC12SCCS2. The number of likely N-dealkylation sites (N-methyl/N-ethyl adjacent to an activating group) is 1. The standard InChI is InChI=1S/C11H16ClN3S2/c1-14-7-8(6-11(14)16-3-4-17-11)9-5-10(12)13-15(9)2/h5,8H,3-4,6-7H2,1-2H3. The van der Waals surface area contributed by atoms with Crippen molar-refractivity contribution < 1.29 is 0 Å². The molecule has 0 aliphatic carbocycles. The molecule has 17 heavy (non-hydrogen) atoms. The van der Waals surface area contributed by atoms with Crippen LogP contribution in [0, 0.1) is 0 Å². The number of hydrogen-bond donors (Lipinski definition) is 0. The van der Waals surface area contributed by atoms with Crippen molar-refractivity contribution >= 4 is 35.1 Å². The molecule has 1 aromatic heterocycles. The fourth-order valence-electron chi connectivity index (χ4n) is 2.81. The first-order chi connectivity index (χ1) is 8.11. The van der Waals surface area contributed by atoms with Crippen molar-refractivity contribution in [1.29, 1.82) is 0 Å². The van der Waals surface area contributed by atoms with Gasteiger partial charge in [-0.25, -0.2) is 0 Å². The molecule has 0 amide bonds. The summed E-state index contributed by atoms with van der Waals surface area (Å²) in [5, 5.41) is 4.85. The predicted molar refractivity (Wildman–Crippen MR) is 75.9 cm³/mol. The summed E-state index contributed by atoms with van der Waals surface area (Å²) < 4.78 is 2.24. The van der Waals surface area contributed by atoms with Crippen LogP contribution in [0.4, 0.5) is 0 Å². The Labute approximate surface area is 115 Å². The van der Waals surface area contributed by atoms with E-state index in [0.717, 1.165) is 6.54 Å². The predicted octanol–water partition coefficient (Wildman–Crippen LogP) is 2.63. The van der Waals surface area contributed by atoms with Crippen LogP contribution in [0.1, 0.15) is 18.0 Å². The number of thioether (sulfide) groups is 2. The molecule has 6 heteroatoms. The minimum Gasteiger partial charge on any atom is -0.283 e. The van der Waals surface area contributed by atoms with Gasteiger partial charge >= 0.3 is 0 Å². The van der Waals surface area contributed by atoms with E-state index in [1.165, 1.54) is 23.6 Å². The van der Waals surface area contributed by atoms with Crippen LogP contribution in [-0.4, -0.2) is 44.0 Å². The summed E-state index contributed by atoms with van der Waals surface area (Å²) in [6, 6.07) is 2.02. The molecule has 2 saturated heterocycles. The summed E-state index contributed by atoms with van der Waals surface area (Å²) in [7, 11) is 4.23. The van der Waals surface area contributed by atoms with Gasteiger partial charge in [0, 0.05) is 36.7 Å². The van der Waals surface area contributed by atoms with E-state index in [9.17, 15) is 0 Å². The Bertz CT molecular complexity index is 428. The lowest BCUT2D eigenvalue weighted by molar-refractivity contribution is 0.362. The molecule has 3 heterocycles. The summed E-state index contributed by atoms with van der Waals surface area (Å²) in [6.07, 6.45) is 1.20. The monoisotopic (exact) mass is 289 g/mol. The molecule has 0 N–H and O–H groups in total. The second-order valence-electron chi connectivity index (χ2n) is 4.71. The number of aryl methyl sites for hydroxylation is 1. The molecule has 3 nitrogen and oxygen atoms in total. The molecule has 1 unspecified atom stereocenters. The Morgan fingerprint density at radius 3 is 2.71 bits per heavy atom. The quantitative estimate of drug-likeness (QED) is 0.792. The van der Waals surface area contributed by atoms with Gasteiger partial charge in [-0.15, -0.1) is 23.5 Å². The van der Waals surface area contributed by atoms with E-state index in [4.69, 9.17) is 11.6 Å². The van der Waals surface area contributed by atoms with E-state index < -0.39 is 0 Å². The van der Waals surface area contributed by atoms with Gasteiger partial charge in [0.05, 0.1) is 0 Å². The van der Waals surface area contributed by atoms with Crippen LogP contribution < -0.4 is 0 Å². The summed E-state index contributed by atoms with van der Waals surface area (Å²) >= 11 is 10.2. The van der Waals surface area contributed by atoms with Gasteiger partial charge in [-0.2, -0.15) is 5.10 Å². The average molecular weight is 290 g/mol. The molecule has 1 atom stereocenters. The van der Waals surface area contributed by atoms with Gasteiger partial charge in [-0.3, -0.25) is 9.58 Å². The van der Waals surface area contributed by atoms with Gasteiger partial charge in [0.2, 0.25) is 0 Å². The molecule has 3 rings (SSSR count). The van der Waals surface area contributed by atoms with Crippen LogP contribution >= 0.6 is 35.1 Å². The Hall–Kier alpha value is 0.160. The van der Waals surface area contributed by atoms with E-state index in [2.05, 4.69) is 40.6 Å². The first-order valence-electron chi connectivity index (χ1n) is 5.79. The van der Waals surface area contributed by atoms with Gasteiger partial charge < -0.3 is 0 Å². The molecule has 2 fully saturated rings. The first-order valence-corrected chi connectivity index (χ1v) is 8.14. The van der Waals surface area contributed by atoms with E-state index in [1.54, 1.807) is 0 Å². The number of likely N-dealkylation sites (tertiary alicyclic amines) is 1. The number of halogens is 1. The highest BCUT2D eigenvalue weighted by molar-refractivity contribution is 8.21. The Kier molecular flexibility index (Phi) is 3.14. The van der Waals surface area contributed by atoms with Crippen molar-refractivity contribution in [1.82, 2.24) is 14.7 Å². The number of aromatic nitrogens is 2. The Morgan fingerprint density at radius 1 is 1.41 bits per heavy atom. The van der Waals surface area contributed by atoms with Crippen molar-refractivity contribution in [2.45, 2.75) is 16.5 Å². The van der Waals surface area contributed by atoms with Crippen LogP contribution in [0.15, 0.2) is 6.07 Å². The number of hydrogen-bond acceptors (Lipinski definition) is 4. The lowest BCUT2D eigenvalue weighted by atomic mass is 10.1. The molecule has 0 saturated carbocycles. The largest absolute Gasteiger partial charge is 0.283 e. The minimum atomic E-state index is 0.307. The molecule has 2 aliphatic rings. The van der Waals surface area contributed by atoms with Crippen LogP contribution in [0.2, 0.25) is 5.15 Å². The second kappa shape index (κ2) is 4.37. The van der Waals surface area contributed by atoms with Crippen LogP contribution in [0.3, 0.4) is 0 Å². The normalized spacial score (nSPS) is 28.3. The highest BCUT2D eigenvalue weighted by Gasteiger charge is 2.48. The third kappa shape index (κ3) is 2.01.